The third kappa shape index (κ3) is 6.19. The first-order valence-electron chi connectivity index (χ1n) is 14.1. The molecule has 3 N–H and O–H groups in total. The summed E-state index contributed by atoms with van der Waals surface area (Å²) in [7, 11) is 3.06. The molecule has 1 saturated heterocycles. The van der Waals surface area contributed by atoms with E-state index in [9.17, 15) is 14.4 Å². The van der Waals surface area contributed by atoms with Gasteiger partial charge in [0.1, 0.15) is 17.1 Å². The molecule has 1 unspecified atom stereocenters. The fraction of sp³-hybridized carbons (Fsp3) is 0.273. The molecule has 1 fully saturated rings. The number of amides is 2. The quantitative estimate of drug-likeness (QED) is 0.267. The molecule has 9 nitrogen and oxygen atoms in total. The fourth-order valence-electron chi connectivity index (χ4n) is 5.48. The summed E-state index contributed by atoms with van der Waals surface area (Å²) < 4.78 is 22.3. The number of hydrogen-bond acceptors (Lipinski definition) is 6. The number of aryl methyl sites for hydroxylation is 1. The number of nitrogens with zero attached hydrogens (tertiary/aromatic N) is 2. The number of ether oxygens (including phenoxy) is 1. The molecule has 222 valence electrons. The first-order valence-corrected chi connectivity index (χ1v) is 14.1. The van der Waals surface area contributed by atoms with Crippen LogP contribution in [0.4, 0.5) is 10.1 Å². The van der Waals surface area contributed by atoms with E-state index < -0.39 is 11.5 Å². The van der Waals surface area contributed by atoms with Crippen LogP contribution >= 0.6 is 0 Å². The number of halogens is 1. The van der Waals surface area contributed by atoms with Gasteiger partial charge >= 0.3 is 0 Å². The second kappa shape index (κ2) is 12.6. The van der Waals surface area contributed by atoms with Crippen LogP contribution in [0.2, 0.25) is 0 Å². The Kier molecular flexibility index (Phi) is 8.68. The molecule has 1 aliphatic heterocycles. The lowest BCUT2D eigenvalue weighted by Gasteiger charge is -2.18. The van der Waals surface area contributed by atoms with Crippen LogP contribution in [0.1, 0.15) is 39.9 Å². The Balaban J connectivity index is 1.42. The molecule has 1 aliphatic rings. The Labute approximate surface area is 249 Å². The number of anilines is 1. The van der Waals surface area contributed by atoms with E-state index in [1.165, 1.54) is 30.3 Å². The molecule has 43 heavy (non-hydrogen) atoms. The molecule has 10 heteroatoms. The molecule has 0 saturated carbocycles. The minimum atomic E-state index is -0.537. The lowest BCUT2D eigenvalue weighted by Crippen LogP contribution is -2.35. The van der Waals surface area contributed by atoms with Gasteiger partial charge in [-0.3, -0.25) is 14.4 Å². The van der Waals surface area contributed by atoms with Crippen molar-refractivity contribution >= 4 is 17.5 Å². The van der Waals surface area contributed by atoms with Crippen LogP contribution in [0.3, 0.4) is 0 Å². The Hall–Kier alpha value is -4.83. The lowest BCUT2D eigenvalue weighted by molar-refractivity contribution is -0.119. The van der Waals surface area contributed by atoms with Crippen molar-refractivity contribution in [2.24, 2.45) is 7.05 Å². The van der Waals surface area contributed by atoms with E-state index in [1.54, 1.807) is 13.1 Å². The maximum atomic E-state index is 15.5. The first kappa shape index (κ1) is 29.7. The van der Waals surface area contributed by atoms with E-state index in [-0.39, 0.29) is 29.9 Å². The van der Waals surface area contributed by atoms with Gasteiger partial charge in [-0.1, -0.05) is 30.3 Å². The standard InChI is InChI=1S/C33H34FN5O4/c1-19-23(21-13-28(34)26(30(14-21)43-4)16-35-15-22-11-12-31(40)37-22)7-5-8-24(19)25-9-6-10-29(20(25)2)38-32(41)27-17-36-18-39(3)33(27)42/h5-10,13-14,17-18,22,35H,11-12,15-16H2,1-4H3,(H,37,40)(H,38,41). The van der Waals surface area contributed by atoms with Gasteiger partial charge in [-0.25, -0.2) is 9.37 Å². The zero-order valence-corrected chi connectivity index (χ0v) is 24.6. The molecule has 3 aromatic carbocycles. The number of benzene rings is 3. The van der Waals surface area contributed by atoms with Gasteiger partial charge in [0.2, 0.25) is 5.91 Å². The maximum absolute atomic E-state index is 15.5. The highest BCUT2D eigenvalue weighted by molar-refractivity contribution is 6.04. The summed E-state index contributed by atoms with van der Waals surface area (Å²) in [6, 6.07) is 14.8. The van der Waals surface area contributed by atoms with Crippen LogP contribution in [0, 0.1) is 19.7 Å². The smallest absolute Gasteiger partial charge is 0.265 e. The minimum Gasteiger partial charge on any atom is -0.496 e. The summed E-state index contributed by atoms with van der Waals surface area (Å²) in [6.45, 7) is 4.70. The molecule has 1 atom stereocenters. The highest BCUT2D eigenvalue weighted by atomic mass is 19.1. The monoisotopic (exact) mass is 583 g/mol. The fourth-order valence-corrected chi connectivity index (χ4v) is 5.48. The van der Waals surface area contributed by atoms with Gasteiger partial charge in [0.05, 0.1) is 13.4 Å². The van der Waals surface area contributed by atoms with Crippen LogP contribution in [0.15, 0.2) is 65.8 Å². The van der Waals surface area contributed by atoms with Crippen molar-refractivity contribution in [3.63, 3.8) is 0 Å². The summed E-state index contributed by atoms with van der Waals surface area (Å²) >= 11 is 0. The van der Waals surface area contributed by atoms with Crippen molar-refractivity contribution in [2.75, 3.05) is 19.0 Å². The van der Waals surface area contributed by atoms with Crippen LogP contribution in [0.5, 0.6) is 5.75 Å². The number of carbonyl (C=O) groups is 2. The van der Waals surface area contributed by atoms with Crippen molar-refractivity contribution < 1.29 is 18.7 Å². The van der Waals surface area contributed by atoms with Crippen LogP contribution in [0.25, 0.3) is 22.3 Å². The summed E-state index contributed by atoms with van der Waals surface area (Å²) in [4.78, 5) is 40.7. The van der Waals surface area contributed by atoms with Crippen molar-refractivity contribution in [3.05, 3.63) is 99.5 Å². The van der Waals surface area contributed by atoms with Gasteiger partial charge in [-0.15, -0.1) is 0 Å². The predicted octanol–water partition coefficient (Wildman–Crippen LogP) is 4.50. The molecule has 1 aromatic heterocycles. The van der Waals surface area contributed by atoms with Gasteiger partial charge in [0, 0.05) is 50.0 Å². The minimum absolute atomic E-state index is 0.0426. The van der Waals surface area contributed by atoms with Gasteiger partial charge in [0.25, 0.3) is 11.5 Å². The summed E-state index contributed by atoms with van der Waals surface area (Å²) in [5.41, 5.74) is 5.60. The zero-order valence-electron chi connectivity index (χ0n) is 24.6. The second-order valence-corrected chi connectivity index (χ2v) is 10.7. The zero-order chi connectivity index (χ0) is 30.7. The number of carbonyl (C=O) groups excluding carboxylic acids is 2. The lowest BCUT2D eigenvalue weighted by atomic mass is 9.90. The van der Waals surface area contributed by atoms with E-state index in [0.29, 0.717) is 35.5 Å². The molecule has 0 aliphatic carbocycles. The van der Waals surface area contributed by atoms with Gasteiger partial charge in [-0.2, -0.15) is 0 Å². The largest absolute Gasteiger partial charge is 0.496 e. The third-order valence-corrected chi connectivity index (χ3v) is 7.91. The van der Waals surface area contributed by atoms with Crippen molar-refractivity contribution in [3.8, 4) is 28.0 Å². The Bertz CT molecular complexity index is 1770. The van der Waals surface area contributed by atoms with Gasteiger partial charge in [0.15, 0.2) is 0 Å². The van der Waals surface area contributed by atoms with E-state index in [4.69, 9.17) is 4.74 Å². The van der Waals surface area contributed by atoms with E-state index in [0.717, 1.165) is 34.2 Å². The number of aromatic nitrogens is 2. The number of rotatable bonds is 9. The Morgan fingerprint density at radius 2 is 1.81 bits per heavy atom. The molecule has 5 rings (SSSR count). The van der Waals surface area contributed by atoms with Crippen molar-refractivity contribution in [2.45, 2.75) is 39.3 Å². The Morgan fingerprint density at radius 3 is 2.53 bits per heavy atom. The van der Waals surface area contributed by atoms with Gasteiger partial charge < -0.3 is 25.3 Å². The maximum Gasteiger partial charge on any atom is 0.265 e. The van der Waals surface area contributed by atoms with Crippen molar-refractivity contribution in [1.82, 2.24) is 20.2 Å². The molecule has 0 radical (unpaired) electrons. The molecule has 0 spiro atoms. The molecule has 2 heterocycles. The van der Waals surface area contributed by atoms with E-state index in [1.807, 2.05) is 50.2 Å². The number of nitrogens with one attached hydrogen (secondary N) is 3. The van der Waals surface area contributed by atoms with Crippen molar-refractivity contribution in [1.29, 1.82) is 0 Å². The van der Waals surface area contributed by atoms with E-state index >= 15 is 4.39 Å². The summed E-state index contributed by atoms with van der Waals surface area (Å²) in [6.07, 6.45) is 3.89. The number of methoxy groups -OCH3 is 1. The highest BCUT2D eigenvalue weighted by Crippen LogP contribution is 2.37. The number of hydrogen-bond donors (Lipinski definition) is 3. The highest BCUT2D eigenvalue weighted by Gasteiger charge is 2.21. The SMILES string of the molecule is COc1cc(-c2cccc(-c3cccc(NC(=O)c4cncn(C)c4=O)c3C)c2C)cc(F)c1CNCC1CCC(=O)N1. The normalized spacial score (nSPS) is 14.4. The molecular formula is C33H34FN5O4. The first-order chi connectivity index (χ1) is 20.7. The average Bonchev–Trinajstić information content (AvgIpc) is 3.41. The average molecular weight is 584 g/mol. The topological polar surface area (TPSA) is 114 Å². The van der Waals surface area contributed by atoms with Gasteiger partial charge in [-0.05, 0) is 71.8 Å². The molecule has 4 aromatic rings. The summed E-state index contributed by atoms with van der Waals surface area (Å²) in [5.74, 6) is -0.444. The predicted molar refractivity (Wildman–Crippen MR) is 164 cm³/mol. The van der Waals surface area contributed by atoms with Crippen LogP contribution in [-0.4, -0.2) is 41.1 Å². The summed E-state index contributed by atoms with van der Waals surface area (Å²) in [5, 5.41) is 8.99. The molecule has 0 bridgehead atoms. The third-order valence-electron chi connectivity index (χ3n) is 7.91. The molecular weight excluding hydrogens is 549 g/mol. The van der Waals surface area contributed by atoms with E-state index in [2.05, 4.69) is 20.9 Å². The Morgan fingerprint density at radius 1 is 1.09 bits per heavy atom. The van der Waals surface area contributed by atoms with Crippen LogP contribution in [-0.2, 0) is 18.4 Å². The molecule has 2 amide bonds. The van der Waals surface area contributed by atoms with Crippen LogP contribution < -0.4 is 26.2 Å². The second-order valence-electron chi connectivity index (χ2n) is 10.7.